The van der Waals surface area contributed by atoms with Gasteiger partial charge in [0.05, 0.1) is 5.56 Å². The number of phenols is 1. The van der Waals surface area contributed by atoms with Crippen molar-refractivity contribution in [3.05, 3.63) is 50.4 Å². The standard InChI is InChI=1S/C28H35ClN2O7/c1-6-31(12(2)27(3,4)5)11-14-9-17(32)20-16(22(14)29)8-13-7-15-10-18(33)21(26(30)37)25(36)28(15,38)24(35)19(13)23(20)34/h9,12-13,15,32-33,35,38H,6-8,10-11H2,1-5H3,(H2,30,37)/t12-,13?,15+,28+/m1/s1. The molecule has 3 aliphatic carbocycles. The molecule has 1 amide bonds. The third-order valence-corrected chi connectivity index (χ3v) is 9.12. The second kappa shape index (κ2) is 9.39. The lowest BCUT2D eigenvalue weighted by Gasteiger charge is -2.45. The van der Waals surface area contributed by atoms with Crippen LogP contribution in [0.3, 0.4) is 0 Å². The highest BCUT2D eigenvalue weighted by Gasteiger charge is 2.59. The zero-order valence-electron chi connectivity index (χ0n) is 22.3. The number of rotatable bonds is 5. The fourth-order valence-corrected chi connectivity index (χ4v) is 6.41. The van der Waals surface area contributed by atoms with Gasteiger partial charge in [-0.25, -0.2) is 0 Å². The normalized spacial score (nSPS) is 26.3. The molecule has 6 N–H and O–H groups in total. The van der Waals surface area contributed by atoms with Crippen molar-refractivity contribution in [1.29, 1.82) is 0 Å². The van der Waals surface area contributed by atoms with E-state index in [4.69, 9.17) is 17.3 Å². The summed E-state index contributed by atoms with van der Waals surface area (Å²) in [7, 11) is 0. The number of nitrogens with zero attached hydrogens (tertiary/aromatic N) is 1. The lowest BCUT2D eigenvalue weighted by molar-refractivity contribution is -0.144. The average molecular weight is 547 g/mol. The first kappa shape index (κ1) is 28.1. The first-order valence-corrected chi connectivity index (χ1v) is 13.2. The SMILES string of the molecule is CCN(Cc1cc(O)c2c(c1Cl)CC1C[C@H]3CC(O)=C(C(N)=O)C(=O)[C@@]3(O)C(O)=C1C2=O)[C@H](C)C(C)(C)C. The van der Waals surface area contributed by atoms with E-state index in [1.54, 1.807) is 0 Å². The van der Waals surface area contributed by atoms with Gasteiger partial charge in [-0.05, 0) is 54.8 Å². The van der Waals surface area contributed by atoms with Crippen molar-refractivity contribution in [2.45, 2.75) is 72.1 Å². The maximum atomic E-state index is 13.6. The molecule has 1 unspecified atom stereocenters. The molecule has 0 heterocycles. The molecular weight excluding hydrogens is 512 g/mol. The quantitative estimate of drug-likeness (QED) is 0.350. The Hall–Kier alpha value is -2.88. The number of aliphatic hydroxyl groups is 3. The van der Waals surface area contributed by atoms with Crippen LogP contribution in [0.2, 0.25) is 5.02 Å². The van der Waals surface area contributed by atoms with E-state index in [0.29, 0.717) is 22.7 Å². The Bertz CT molecular complexity index is 1310. The Labute approximate surface area is 226 Å². The number of carbonyl (C=O) groups is 3. The zero-order chi connectivity index (χ0) is 28.5. The minimum atomic E-state index is -2.58. The molecule has 0 spiro atoms. The molecule has 0 saturated heterocycles. The molecule has 10 heteroatoms. The van der Waals surface area contributed by atoms with Crippen LogP contribution in [0.15, 0.2) is 28.7 Å². The molecular formula is C28H35ClN2O7. The second-order valence-electron chi connectivity index (χ2n) is 11.7. The number of hydrogen-bond acceptors (Lipinski definition) is 8. The highest BCUT2D eigenvalue weighted by molar-refractivity contribution is 6.33. The Morgan fingerprint density at radius 1 is 1.24 bits per heavy atom. The third kappa shape index (κ3) is 4.12. The van der Waals surface area contributed by atoms with E-state index in [9.17, 15) is 34.8 Å². The number of allylic oxidation sites excluding steroid dienone is 2. The van der Waals surface area contributed by atoms with Gasteiger partial charge in [0.15, 0.2) is 11.4 Å². The zero-order valence-corrected chi connectivity index (χ0v) is 23.0. The Kier molecular flexibility index (Phi) is 6.96. The number of benzene rings is 1. The number of phenolic OH excluding ortho intramolecular Hbond substituents is 1. The maximum absolute atomic E-state index is 13.6. The number of nitrogens with two attached hydrogens (primary N) is 1. The van der Waals surface area contributed by atoms with Gasteiger partial charge < -0.3 is 26.2 Å². The van der Waals surface area contributed by atoms with Crippen LogP contribution in [0, 0.1) is 17.3 Å². The lowest BCUT2D eigenvalue weighted by Crippen LogP contribution is -2.57. The van der Waals surface area contributed by atoms with Gasteiger partial charge in [-0.1, -0.05) is 39.3 Å². The summed E-state index contributed by atoms with van der Waals surface area (Å²) in [5.74, 6) is -6.57. The van der Waals surface area contributed by atoms with Crippen LogP contribution in [0.25, 0.3) is 0 Å². The summed E-state index contributed by atoms with van der Waals surface area (Å²) in [6, 6.07) is 1.65. The molecule has 0 saturated carbocycles. The van der Waals surface area contributed by atoms with E-state index in [-0.39, 0.29) is 47.6 Å². The lowest BCUT2D eigenvalue weighted by atomic mass is 9.60. The largest absolute Gasteiger partial charge is 0.511 e. The van der Waals surface area contributed by atoms with Gasteiger partial charge in [-0.15, -0.1) is 0 Å². The molecule has 206 valence electrons. The molecule has 0 bridgehead atoms. The number of primary amides is 1. The number of ketones is 2. The van der Waals surface area contributed by atoms with E-state index < -0.39 is 52.0 Å². The van der Waals surface area contributed by atoms with Crippen LogP contribution < -0.4 is 5.73 Å². The monoisotopic (exact) mass is 546 g/mol. The molecule has 3 aliphatic rings. The molecule has 1 aromatic carbocycles. The van der Waals surface area contributed by atoms with E-state index in [1.807, 2.05) is 6.92 Å². The number of carbonyl (C=O) groups excluding carboxylic acids is 3. The van der Waals surface area contributed by atoms with E-state index in [0.717, 1.165) is 6.54 Å². The number of aromatic hydroxyl groups is 1. The molecule has 4 rings (SSSR count). The minimum Gasteiger partial charge on any atom is -0.511 e. The van der Waals surface area contributed by atoms with Gasteiger partial charge in [-0.2, -0.15) is 0 Å². The van der Waals surface area contributed by atoms with E-state index in [1.165, 1.54) is 6.07 Å². The highest BCUT2D eigenvalue weighted by Crippen LogP contribution is 2.52. The Balaban J connectivity index is 1.79. The first-order chi connectivity index (χ1) is 17.5. The fraction of sp³-hybridized carbons (Fsp3) is 0.536. The van der Waals surface area contributed by atoms with Crippen molar-refractivity contribution >= 4 is 29.1 Å². The average Bonchev–Trinajstić information content (AvgIpc) is 2.81. The number of amides is 1. The van der Waals surface area contributed by atoms with Crippen molar-refractivity contribution in [1.82, 2.24) is 4.90 Å². The van der Waals surface area contributed by atoms with Gasteiger partial charge in [0, 0.05) is 35.5 Å². The van der Waals surface area contributed by atoms with Gasteiger partial charge >= 0.3 is 0 Å². The summed E-state index contributed by atoms with van der Waals surface area (Å²) in [6.07, 6.45) is -0.0352. The van der Waals surface area contributed by atoms with Gasteiger partial charge in [-0.3, -0.25) is 19.3 Å². The second-order valence-corrected chi connectivity index (χ2v) is 12.1. The first-order valence-electron chi connectivity index (χ1n) is 12.8. The topological polar surface area (TPSA) is 161 Å². The van der Waals surface area contributed by atoms with Gasteiger partial charge in [0.25, 0.3) is 5.91 Å². The summed E-state index contributed by atoms with van der Waals surface area (Å²) in [6.45, 7) is 11.8. The Morgan fingerprint density at radius 2 is 1.87 bits per heavy atom. The fourth-order valence-electron chi connectivity index (χ4n) is 6.13. The predicted molar refractivity (Wildman–Crippen MR) is 141 cm³/mol. The number of hydrogen-bond donors (Lipinski definition) is 5. The van der Waals surface area contributed by atoms with Crippen molar-refractivity contribution in [3.63, 3.8) is 0 Å². The van der Waals surface area contributed by atoms with Crippen LogP contribution in [-0.2, 0) is 22.6 Å². The number of halogens is 1. The molecule has 0 aliphatic heterocycles. The number of aliphatic hydroxyl groups excluding tert-OH is 2. The van der Waals surface area contributed by atoms with Crippen molar-refractivity contribution in [2.75, 3.05) is 6.54 Å². The molecule has 0 fully saturated rings. The number of fused-ring (bicyclic) bond motifs is 3. The predicted octanol–water partition coefficient (Wildman–Crippen LogP) is 3.49. The summed E-state index contributed by atoms with van der Waals surface area (Å²) in [4.78, 5) is 40.7. The molecule has 0 radical (unpaired) electrons. The van der Waals surface area contributed by atoms with Crippen molar-refractivity contribution in [3.8, 4) is 5.75 Å². The molecule has 0 aromatic heterocycles. The molecule has 1 aromatic rings. The van der Waals surface area contributed by atoms with Crippen LogP contribution in [0.4, 0.5) is 0 Å². The van der Waals surface area contributed by atoms with Crippen LogP contribution >= 0.6 is 11.6 Å². The number of Topliss-reactive ketones (excluding diaryl/α,β-unsaturated/α-hetero) is 2. The molecule has 9 nitrogen and oxygen atoms in total. The summed E-state index contributed by atoms with van der Waals surface area (Å²) < 4.78 is 0. The maximum Gasteiger partial charge on any atom is 0.255 e. The third-order valence-electron chi connectivity index (χ3n) is 8.65. The van der Waals surface area contributed by atoms with Crippen LogP contribution in [0.5, 0.6) is 5.75 Å². The summed E-state index contributed by atoms with van der Waals surface area (Å²) in [5, 5.41) is 44.1. The van der Waals surface area contributed by atoms with Crippen molar-refractivity contribution < 1.29 is 34.8 Å². The molecule has 38 heavy (non-hydrogen) atoms. The molecule has 4 atom stereocenters. The smallest absolute Gasteiger partial charge is 0.255 e. The van der Waals surface area contributed by atoms with Crippen LogP contribution in [-0.4, -0.2) is 61.0 Å². The van der Waals surface area contributed by atoms with Gasteiger partial charge in [0.1, 0.15) is 22.8 Å². The summed E-state index contributed by atoms with van der Waals surface area (Å²) >= 11 is 6.85. The highest BCUT2D eigenvalue weighted by atomic mass is 35.5. The van der Waals surface area contributed by atoms with E-state index >= 15 is 0 Å². The van der Waals surface area contributed by atoms with Gasteiger partial charge in [0.2, 0.25) is 5.78 Å². The van der Waals surface area contributed by atoms with Crippen LogP contribution in [0.1, 0.15) is 68.9 Å². The Morgan fingerprint density at radius 3 is 2.42 bits per heavy atom. The van der Waals surface area contributed by atoms with Crippen molar-refractivity contribution in [2.24, 2.45) is 23.0 Å². The van der Waals surface area contributed by atoms with E-state index in [2.05, 4.69) is 32.6 Å². The minimum absolute atomic E-state index is 0.00334. The summed E-state index contributed by atoms with van der Waals surface area (Å²) in [5.41, 5.74) is 2.67.